The zero-order valence-corrected chi connectivity index (χ0v) is 14.8. The van der Waals surface area contributed by atoms with Crippen molar-refractivity contribution in [1.29, 1.82) is 0 Å². The molecular formula is C19H17ClN4O2. The van der Waals surface area contributed by atoms with Crippen LogP contribution in [-0.2, 0) is 6.61 Å². The molecule has 1 heterocycles. The summed E-state index contributed by atoms with van der Waals surface area (Å²) in [5.41, 5.74) is 4.72. The summed E-state index contributed by atoms with van der Waals surface area (Å²) in [7, 11) is 1.61. The first kappa shape index (κ1) is 17.7. The summed E-state index contributed by atoms with van der Waals surface area (Å²) in [4.78, 5) is 0. The Balaban J connectivity index is 1.67. The molecular weight excluding hydrogens is 352 g/mol. The molecule has 3 aromatic rings. The van der Waals surface area contributed by atoms with Crippen LogP contribution in [0.2, 0.25) is 5.15 Å². The lowest BCUT2D eigenvalue weighted by atomic mass is 10.2. The second kappa shape index (κ2) is 8.82. The molecule has 0 bridgehead atoms. The van der Waals surface area contributed by atoms with E-state index in [4.69, 9.17) is 21.1 Å². The van der Waals surface area contributed by atoms with Crippen molar-refractivity contribution in [2.24, 2.45) is 5.10 Å². The van der Waals surface area contributed by atoms with E-state index in [0.717, 1.165) is 11.1 Å². The van der Waals surface area contributed by atoms with Gasteiger partial charge in [-0.2, -0.15) is 5.10 Å². The Hall–Kier alpha value is -3.12. The van der Waals surface area contributed by atoms with Gasteiger partial charge in [-0.1, -0.05) is 41.9 Å². The van der Waals surface area contributed by atoms with Crippen molar-refractivity contribution in [2.75, 3.05) is 12.5 Å². The molecule has 0 spiro atoms. The summed E-state index contributed by atoms with van der Waals surface area (Å²) in [6.45, 7) is 0.455. The Morgan fingerprint density at radius 2 is 1.88 bits per heavy atom. The number of anilines is 1. The summed E-state index contributed by atoms with van der Waals surface area (Å²) in [6, 6.07) is 18.8. The molecule has 0 atom stereocenters. The van der Waals surface area contributed by atoms with Gasteiger partial charge in [-0.05, 0) is 41.5 Å². The largest absolute Gasteiger partial charge is 0.493 e. The fraction of sp³-hybridized carbons (Fsp3) is 0.105. The van der Waals surface area contributed by atoms with E-state index in [1.807, 2.05) is 48.5 Å². The van der Waals surface area contributed by atoms with E-state index >= 15 is 0 Å². The predicted molar refractivity (Wildman–Crippen MR) is 102 cm³/mol. The molecule has 0 aliphatic rings. The molecule has 0 radical (unpaired) electrons. The van der Waals surface area contributed by atoms with Gasteiger partial charge in [0.2, 0.25) is 0 Å². The smallest absolute Gasteiger partial charge is 0.168 e. The number of nitrogens with zero attached hydrogens (tertiary/aromatic N) is 3. The van der Waals surface area contributed by atoms with Gasteiger partial charge in [0.1, 0.15) is 6.61 Å². The minimum absolute atomic E-state index is 0.329. The second-order valence-electron chi connectivity index (χ2n) is 5.30. The average molecular weight is 369 g/mol. The maximum Gasteiger partial charge on any atom is 0.168 e. The highest BCUT2D eigenvalue weighted by Gasteiger charge is 2.05. The van der Waals surface area contributed by atoms with Crippen LogP contribution in [0.3, 0.4) is 0 Å². The molecule has 6 nitrogen and oxygen atoms in total. The van der Waals surface area contributed by atoms with Crippen molar-refractivity contribution < 1.29 is 9.47 Å². The van der Waals surface area contributed by atoms with Crippen LogP contribution in [-0.4, -0.2) is 23.5 Å². The fourth-order valence-electron chi connectivity index (χ4n) is 2.17. The van der Waals surface area contributed by atoms with Crippen LogP contribution >= 0.6 is 11.6 Å². The van der Waals surface area contributed by atoms with Gasteiger partial charge >= 0.3 is 0 Å². The number of hydrazone groups is 1. The molecule has 1 N–H and O–H groups in total. The van der Waals surface area contributed by atoms with Crippen molar-refractivity contribution in [3.05, 3.63) is 76.9 Å². The van der Waals surface area contributed by atoms with Crippen LogP contribution in [0.1, 0.15) is 11.1 Å². The molecule has 0 aliphatic heterocycles. The maximum absolute atomic E-state index is 5.89. The molecule has 26 heavy (non-hydrogen) atoms. The molecule has 0 aliphatic carbocycles. The van der Waals surface area contributed by atoms with Gasteiger partial charge < -0.3 is 9.47 Å². The normalized spacial score (nSPS) is 10.7. The van der Waals surface area contributed by atoms with E-state index in [1.165, 1.54) is 0 Å². The third-order valence-electron chi connectivity index (χ3n) is 3.45. The number of nitrogens with one attached hydrogen (secondary N) is 1. The van der Waals surface area contributed by atoms with Crippen molar-refractivity contribution >= 4 is 23.6 Å². The van der Waals surface area contributed by atoms with Crippen LogP contribution in [0.5, 0.6) is 11.5 Å². The minimum Gasteiger partial charge on any atom is -0.493 e. The summed E-state index contributed by atoms with van der Waals surface area (Å²) >= 11 is 5.70. The van der Waals surface area contributed by atoms with Crippen LogP contribution in [0.25, 0.3) is 0 Å². The molecule has 0 saturated heterocycles. The van der Waals surface area contributed by atoms with Gasteiger partial charge in [0.25, 0.3) is 0 Å². The minimum atomic E-state index is 0.329. The van der Waals surface area contributed by atoms with E-state index in [9.17, 15) is 0 Å². The number of aromatic nitrogens is 2. The molecule has 0 amide bonds. The summed E-state index contributed by atoms with van der Waals surface area (Å²) in [5.74, 6) is 1.81. The van der Waals surface area contributed by atoms with E-state index in [2.05, 4.69) is 20.7 Å². The Morgan fingerprint density at radius 3 is 2.62 bits per heavy atom. The monoisotopic (exact) mass is 368 g/mol. The lowest BCUT2D eigenvalue weighted by Crippen LogP contribution is -1.99. The van der Waals surface area contributed by atoms with Crippen molar-refractivity contribution in [1.82, 2.24) is 10.2 Å². The van der Waals surface area contributed by atoms with Crippen molar-refractivity contribution in [2.45, 2.75) is 6.61 Å². The van der Waals surface area contributed by atoms with E-state index < -0.39 is 0 Å². The van der Waals surface area contributed by atoms with Gasteiger partial charge in [0.05, 0.1) is 13.3 Å². The van der Waals surface area contributed by atoms with Gasteiger partial charge in [-0.25, -0.2) is 0 Å². The van der Waals surface area contributed by atoms with Gasteiger partial charge in [0.15, 0.2) is 22.5 Å². The SMILES string of the molecule is COc1ccc(/C=N\Nc2ccc(Cl)nn2)cc1OCc1ccccc1. The molecule has 0 saturated carbocycles. The first-order chi connectivity index (χ1) is 12.7. The number of rotatable bonds is 7. The van der Waals surface area contributed by atoms with Gasteiger partial charge in [-0.15, -0.1) is 10.2 Å². The number of benzene rings is 2. The quantitative estimate of drug-likeness (QED) is 0.501. The van der Waals surface area contributed by atoms with E-state index in [0.29, 0.717) is 29.1 Å². The molecule has 0 unspecified atom stereocenters. The van der Waals surface area contributed by atoms with Crippen LogP contribution < -0.4 is 14.9 Å². The Bertz CT molecular complexity index is 870. The highest BCUT2D eigenvalue weighted by Crippen LogP contribution is 2.28. The first-order valence-corrected chi connectivity index (χ1v) is 8.25. The molecule has 1 aromatic heterocycles. The number of hydrogen-bond acceptors (Lipinski definition) is 6. The summed E-state index contributed by atoms with van der Waals surface area (Å²) in [5, 5.41) is 12.1. The highest BCUT2D eigenvalue weighted by atomic mass is 35.5. The topological polar surface area (TPSA) is 68.6 Å². The van der Waals surface area contributed by atoms with Crippen molar-refractivity contribution in [3.8, 4) is 11.5 Å². The molecule has 7 heteroatoms. The lowest BCUT2D eigenvalue weighted by Gasteiger charge is -2.11. The summed E-state index contributed by atoms with van der Waals surface area (Å²) in [6.07, 6.45) is 1.66. The molecule has 0 fully saturated rings. The second-order valence-corrected chi connectivity index (χ2v) is 5.68. The zero-order chi connectivity index (χ0) is 18.2. The van der Waals surface area contributed by atoms with Crippen LogP contribution in [0.15, 0.2) is 65.8 Å². The van der Waals surface area contributed by atoms with Crippen LogP contribution in [0.4, 0.5) is 5.82 Å². The Labute approximate surface area is 156 Å². The third kappa shape index (κ3) is 4.94. The average Bonchev–Trinajstić information content (AvgIpc) is 2.69. The lowest BCUT2D eigenvalue weighted by molar-refractivity contribution is 0.284. The first-order valence-electron chi connectivity index (χ1n) is 7.87. The molecule has 132 valence electrons. The molecule has 2 aromatic carbocycles. The van der Waals surface area contributed by atoms with E-state index in [1.54, 1.807) is 25.5 Å². The highest BCUT2D eigenvalue weighted by molar-refractivity contribution is 6.29. The van der Waals surface area contributed by atoms with Crippen molar-refractivity contribution in [3.63, 3.8) is 0 Å². The maximum atomic E-state index is 5.89. The standard InChI is InChI=1S/C19H17ClN4O2/c1-25-16-8-7-15(12-21-23-19-10-9-18(20)22-24-19)11-17(16)26-13-14-5-3-2-4-6-14/h2-12H,13H2,1H3,(H,23,24)/b21-12-. The number of hydrogen-bond donors (Lipinski definition) is 1. The third-order valence-corrected chi connectivity index (χ3v) is 3.65. The number of halogens is 1. The Morgan fingerprint density at radius 1 is 1.04 bits per heavy atom. The van der Waals surface area contributed by atoms with Gasteiger partial charge in [0, 0.05) is 0 Å². The van der Waals surface area contributed by atoms with E-state index in [-0.39, 0.29) is 0 Å². The zero-order valence-electron chi connectivity index (χ0n) is 14.1. The molecule has 3 rings (SSSR count). The number of methoxy groups -OCH3 is 1. The fourth-order valence-corrected chi connectivity index (χ4v) is 2.27. The summed E-state index contributed by atoms with van der Waals surface area (Å²) < 4.78 is 11.2. The Kier molecular flexibility index (Phi) is 6.01. The van der Waals surface area contributed by atoms with Crippen LogP contribution in [0, 0.1) is 0 Å². The van der Waals surface area contributed by atoms with Gasteiger partial charge in [-0.3, -0.25) is 5.43 Å². The predicted octanol–water partition coefficient (Wildman–Crippen LogP) is 4.16. The number of ether oxygens (including phenoxy) is 2.